The second-order valence-electron chi connectivity index (χ2n) is 5.36. The Balaban J connectivity index is 2.59. The SMILES string of the molecule is CCCN(CC#N)C(=O)CCCN(C)S(=O)(=O)c1ccc(F)cc1. The van der Waals surface area contributed by atoms with Gasteiger partial charge in [-0.15, -0.1) is 0 Å². The molecule has 0 aliphatic carbocycles. The van der Waals surface area contributed by atoms with Crippen molar-refractivity contribution < 1.29 is 17.6 Å². The monoisotopic (exact) mass is 355 g/mol. The van der Waals surface area contributed by atoms with Gasteiger partial charge in [0.05, 0.1) is 11.0 Å². The van der Waals surface area contributed by atoms with Crippen LogP contribution in [0.3, 0.4) is 0 Å². The molecule has 0 saturated carbocycles. The molecule has 0 heterocycles. The van der Waals surface area contributed by atoms with Crippen LogP contribution in [0.4, 0.5) is 4.39 Å². The molecule has 24 heavy (non-hydrogen) atoms. The number of amides is 1. The molecule has 0 aliphatic rings. The van der Waals surface area contributed by atoms with Crippen LogP contribution >= 0.6 is 0 Å². The molecule has 132 valence electrons. The van der Waals surface area contributed by atoms with Gasteiger partial charge in [0, 0.05) is 26.6 Å². The number of nitrogens with zero attached hydrogens (tertiary/aromatic N) is 3. The van der Waals surface area contributed by atoms with E-state index < -0.39 is 15.8 Å². The first-order valence-corrected chi connectivity index (χ1v) is 9.13. The first-order valence-electron chi connectivity index (χ1n) is 7.69. The van der Waals surface area contributed by atoms with Gasteiger partial charge in [-0.3, -0.25) is 4.79 Å². The predicted octanol–water partition coefficient (Wildman–Crippen LogP) is 1.99. The van der Waals surface area contributed by atoms with Gasteiger partial charge in [-0.05, 0) is 37.1 Å². The van der Waals surface area contributed by atoms with E-state index in [1.54, 1.807) is 0 Å². The maximum atomic E-state index is 12.9. The Labute approximate surface area is 142 Å². The van der Waals surface area contributed by atoms with E-state index in [1.165, 1.54) is 24.1 Å². The summed E-state index contributed by atoms with van der Waals surface area (Å²) in [5.41, 5.74) is 0. The topological polar surface area (TPSA) is 81.5 Å². The van der Waals surface area contributed by atoms with E-state index in [1.807, 2.05) is 13.0 Å². The van der Waals surface area contributed by atoms with Gasteiger partial charge < -0.3 is 4.90 Å². The fourth-order valence-corrected chi connectivity index (χ4v) is 3.37. The molecular formula is C16H22FN3O3S. The fraction of sp³-hybridized carbons (Fsp3) is 0.500. The molecule has 0 bridgehead atoms. The highest BCUT2D eigenvalue weighted by Gasteiger charge is 2.21. The molecule has 1 amide bonds. The average molecular weight is 355 g/mol. The molecule has 1 rings (SSSR count). The molecule has 1 aromatic carbocycles. The number of hydrogen-bond acceptors (Lipinski definition) is 4. The molecular weight excluding hydrogens is 333 g/mol. The molecule has 0 radical (unpaired) electrons. The summed E-state index contributed by atoms with van der Waals surface area (Å²) in [5, 5.41) is 8.72. The lowest BCUT2D eigenvalue weighted by molar-refractivity contribution is -0.130. The first kappa shape index (κ1) is 20.1. The van der Waals surface area contributed by atoms with Crippen molar-refractivity contribution in [2.24, 2.45) is 0 Å². The Morgan fingerprint density at radius 3 is 2.42 bits per heavy atom. The molecule has 0 N–H and O–H groups in total. The highest BCUT2D eigenvalue weighted by atomic mass is 32.2. The highest BCUT2D eigenvalue weighted by molar-refractivity contribution is 7.89. The number of carbonyl (C=O) groups is 1. The summed E-state index contributed by atoms with van der Waals surface area (Å²) < 4.78 is 38.7. The van der Waals surface area contributed by atoms with E-state index in [9.17, 15) is 17.6 Å². The van der Waals surface area contributed by atoms with Gasteiger partial charge in [0.25, 0.3) is 0 Å². The van der Waals surface area contributed by atoms with E-state index in [-0.39, 0.29) is 30.3 Å². The lowest BCUT2D eigenvalue weighted by Gasteiger charge is -2.20. The van der Waals surface area contributed by atoms with E-state index in [0.29, 0.717) is 13.0 Å². The summed E-state index contributed by atoms with van der Waals surface area (Å²) in [7, 11) is -2.29. The van der Waals surface area contributed by atoms with Gasteiger partial charge in [-0.25, -0.2) is 17.1 Å². The molecule has 8 heteroatoms. The normalized spacial score (nSPS) is 11.3. The molecule has 0 aromatic heterocycles. The van der Waals surface area contributed by atoms with Crippen LogP contribution in [0.5, 0.6) is 0 Å². The minimum absolute atomic E-state index is 0.00909. The van der Waals surface area contributed by atoms with Crippen LogP contribution in [0.2, 0.25) is 0 Å². The summed E-state index contributed by atoms with van der Waals surface area (Å²) in [5.74, 6) is -0.665. The zero-order valence-corrected chi connectivity index (χ0v) is 14.7. The largest absolute Gasteiger partial charge is 0.329 e. The average Bonchev–Trinajstić information content (AvgIpc) is 2.54. The van der Waals surface area contributed by atoms with Gasteiger partial charge in [-0.1, -0.05) is 6.92 Å². The smallest absolute Gasteiger partial charge is 0.242 e. The van der Waals surface area contributed by atoms with Gasteiger partial charge in [0.15, 0.2) is 0 Å². The van der Waals surface area contributed by atoms with Crippen molar-refractivity contribution >= 4 is 15.9 Å². The van der Waals surface area contributed by atoms with E-state index in [4.69, 9.17) is 5.26 Å². The van der Waals surface area contributed by atoms with Gasteiger partial charge in [-0.2, -0.15) is 5.26 Å². The van der Waals surface area contributed by atoms with Crippen molar-refractivity contribution in [3.63, 3.8) is 0 Å². The number of benzene rings is 1. The molecule has 0 aliphatic heterocycles. The van der Waals surface area contributed by atoms with Gasteiger partial charge >= 0.3 is 0 Å². The number of sulfonamides is 1. The first-order chi connectivity index (χ1) is 11.3. The minimum Gasteiger partial charge on any atom is -0.329 e. The third-order valence-corrected chi connectivity index (χ3v) is 5.36. The van der Waals surface area contributed by atoms with Crippen LogP contribution in [0, 0.1) is 17.1 Å². The fourth-order valence-electron chi connectivity index (χ4n) is 2.16. The molecule has 0 unspecified atom stereocenters. The van der Waals surface area contributed by atoms with E-state index >= 15 is 0 Å². The molecule has 0 saturated heterocycles. The third kappa shape index (κ3) is 5.58. The molecule has 0 fully saturated rings. The number of hydrogen-bond donors (Lipinski definition) is 0. The maximum Gasteiger partial charge on any atom is 0.242 e. The van der Waals surface area contributed by atoms with Crippen molar-refractivity contribution in [3.8, 4) is 6.07 Å². The van der Waals surface area contributed by atoms with Crippen molar-refractivity contribution in [2.45, 2.75) is 31.1 Å². The Morgan fingerprint density at radius 1 is 1.25 bits per heavy atom. The molecule has 0 atom stereocenters. The van der Waals surface area contributed by atoms with Crippen molar-refractivity contribution in [3.05, 3.63) is 30.1 Å². The summed E-state index contributed by atoms with van der Waals surface area (Å²) in [6.45, 7) is 2.63. The zero-order valence-electron chi connectivity index (χ0n) is 13.9. The quantitative estimate of drug-likeness (QED) is 0.634. The molecule has 0 spiro atoms. The minimum atomic E-state index is -3.70. The predicted molar refractivity (Wildman–Crippen MR) is 87.9 cm³/mol. The van der Waals surface area contributed by atoms with Crippen LogP contribution in [0.25, 0.3) is 0 Å². The van der Waals surface area contributed by atoms with Crippen molar-refractivity contribution in [1.82, 2.24) is 9.21 Å². The number of halogens is 1. The number of rotatable bonds is 9. The maximum absolute atomic E-state index is 12.9. The number of nitriles is 1. The Hall–Kier alpha value is -1.98. The Kier molecular flexibility index (Phi) is 7.82. The summed E-state index contributed by atoms with van der Waals surface area (Å²) in [4.78, 5) is 13.5. The Bertz CT molecular complexity index is 684. The van der Waals surface area contributed by atoms with Crippen LogP contribution < -0.4 is 0 Å². The number of carbonyl (C=O) groups excluding carboxylic acids is 1. The Morgan fingerprint density at radius 2 is 1.88 bits per heavy atom. The second-order valence-corrected chi connectivity index (χ2v) is 7.40. The van der Waals surface area contributed by atoms with Gasteiger partial charge in [0.2, 0.25) is 15.9 Å². The van der Waals surface area contributed by atoms with Crippen molar-refractivity contribution in [1.29, 1.82) is 5.26 Å². The van der Waals surface area contributed by atoms with Crippen LogP contribution in [0.15, 0.2) is 29.2 Å². The summed E-state index contributed by atoms with van der Waals surface area (Å²) in [6, 6.07) is 6.56. The highest BCUT2D eigenvalue weighted by Crippen LogP contribution is 2.15. The molecule has 6 nitrogen and oxygen atoms in total. The van der Waals surface area contributed by atoms with E-state index in [2.05, 4.69) is 0 Å². The lowest BCUT2D eigenvalue weighted by atomic mass is 10.2. The third-order valence-electron chi connectivity index (χ3n) is 3.49. The summed E-state index contributed by atoms with van der Waals surface area (Å²) >= 11 is 0. The zero-order chi connectivity index (χ0) is 18.2. The van der Waals surface area contributed by atoms with E-state index in [0.717, 1.165) is 22.9 Å². The van der Waals surface area contributed by atoms with Crippen molar-refractivity contribution in [2.75, 3.05) is 26.7 Å². The van der Waals surface area contributed by atoms with Crippen LogP contribution in [-0.4, -0.2) is 50.2 Å². The van der Waals surface area contributed by atoms with Gasteiger partial charge in [0.1, 0.15) is 12.4 Å². The molecule has 1 aromatic rings. The van der Waals surface area contributed by atoms with Crippen LogP contribution in [-0.2, 0) is 14.8 Å². The summed E-state index contributed by atoms with van der Waals surface area (Å²) in [6.07, 6.45) is 1.28. The standard InChI is InChI=1S/C16H22FN3O3S/c1-3-11-20(13-10-18)16(21)5-4-12-19(2)24(22,23)15-8-6-14(17)7-9-15/h6-9H,3-5,11-13H2,1-2H3. The second kappa shape index (κ2) is 9.35. The lowest BCUT2D eigenvalue weighted by Crippen LogP contribution is -2.33. The van der Waals surface area contributed by atoms with Crippen LogP contribution in [0.1, 0.15) is 26.2 Å².